The maximum atomic E-state index is 12.9. The summed E-state index contributed by atoms with van der Waals surface area (Å²) in [7, 11) is 0. The van der Waals surface area contributed by atoms with Gasteiger partial charge in [0.25, 0.3) is 0 Å². The quantitative estimate of drug-likeness (QED) is 0.657. The number of anilines is 1. The minimum atomic E-state index is -0.374. The fourth-order valence-electron chi connectivity index (χ4n) is 5.25. The molecule has 0 unspecified atom stereocenters. The smallest absolute Gasteiger partial charge is 0.244 e. The normalized spacial score (nSPS) is 36.2. The van der Waals surface area contributed by atoms with E-state index in [9.17, 15) is 14.4 Å². The summed E-state index contributed by atoms with van der Waals surface area (Å²) in [4.78, 5) is 39.4. The van der Waals surface area contributed by atoms with Gasteiger partial charge in [-0.2, -0.15) is 0 Å². The molecular formula is C20H19ClN2O3. The maximum Gasteiger partial charge on any atom is 0.244 e. The summed E-state index contributed by atoms with van der Waals surface area (Å²) in [5, 5.41) is 3.33. The van der Waals surface area contributed by atoms with Crippen LogP contribution in [0.4, 0.5) is 5.69 Å². The minimum absolute atomic E-state index is 0.176. The van der Waals surface area contributed by atoms with Crippen LogP contribution in [0.25, 0.3) is 0 Å². The predicted octanol–water partition coefficient (Wildman–Crippen LogP) is 2.64. The zero-order chi connectivity index (χ0) is 18.2. The molecular weight excluding hydrogens is 352 g/mol. The van der Waals surface area contributed by atoms with E-state index in [4.69, 9.17) is 11.6 Å². The van der Waals surface area contributed by atoms with Crippen LogP contribution >= 0.6 is 11.6 Å². The number of imide groups is 1. The highest BCUT2D eigenvalue weighted by Crippen LogP contribution is 2.65. The second-order valence-corrected chi connectivity index (χ2v) is 8.28. The molecule has 134 valence electrons. The maximum absolute atomic E-state index is 12.9. The first-order chi connectivity index (χ1) is 12.5. The summed E-state index contributed by atoms with van der Waals surface area (Å²) in [6, 6.07) is 5.25. The van der Waals surface area contributed by atoms with Crippen molar-refractivity contribution >= 4 is 35.0 Å². The first kappa shape index (κ1) is 16.1. The Morgan fingerprint density at radius 2 is 1.77 bits per heavy atom. The Labute approximate surface area is 156 Å². The predicted molar refractivity (Wildman–Crippen MR) is 96.2 cm³/mol. The van der Waals surface area contributed by atoms with Crippen molar-refractivity contribution in [2.24, 2.45) is 35.5 Å². The van der Waals surface area contributed by atoms with Gasteiger partial charge in [-0.1, -0.05) is 29.8 Å². The van der Waals surface area contributed by atoms with Crippen molar-refractivity contribution in [3.05, 3.63) is 40.9 Å². The van der Waals surface area contributed by atoms with Crippen LogP contribution in [0.5, 0.6) is 0 Å². The molecule has 5 aliphatic rings. The molecule has 0 aromatic heterocycles. The van der Waals surface area contributed by atoms with Crippen LogP contribution in [-0.4, -0.2) is 29.2 Å². The number of hydrogen-bond donors (Lipinski definition) is 1. The van der Waals surface area contributed by atoms with Gasteiger partial charge in [-0.05, 0) is 54.7 Å². The lowest BCUT2D eigenvalue weighted by atomic mass is 9.63. The minimum Gasteiger partial charge on any atom is -0.324 e. The lowest BCUT2D eigenvalue weighted by Crippen LogP contribution is -2.40. The summed E-state index contributed by atoms with van der Waals surface area (Å²) < 4.78 is 0. The number of carbonyl (C=O) groups is 3. The van der Waals surface area contributed by atoms with Crippen molar-refractivity contribution in [1.82, 2.24) is 4.90 Å². The van der Waals surface area contributed by atoms with E-state index in [1.807, 2.05) is 6.92 Å². The van der Waals surface area contributed by atoms with Crippen LogP contribution in [0.2, 0.25) is 5.02 Å². The van der Waals surface area contributed by atoms with Gasteiger partial charge < -0.3 is 5.32 Å². The summed E-state index contributed by atoms with van der Waals surface area (Å²) in [6.07, 6.45) is 5.39. The number of carbonyl (C=O) groups excluding carboxylic acids is 3. The molecule has 2 saturated carbocycles. The topological polar surface area (TPSA) is 66.5 Å². The Balaban J connectivity index is 1.34. The molecule has 6 heteroatoms. The molecule has 3 fully saturated rings. The lowest BCUT2D eigenvalue weighted by molar-refractivity contribution is -0.142. The van der Waals surface area contributed by atoms with Crippen molar-refractivity contribution in [3.63, 3.8) is 0 Å². The van der Waals surface area contributed by atoms with E-state index in [0.29, 0.717) is 22.5 Å². The molecule has 5 nitrogen and oxygen atoms in total. The van der Waals surface area contributed by atoms with E-state index < -0.39 is 0 Å². The molecule has 1 N–H and O–H groups in total. The molecule has 1 aromatic rings. The number of benzene rings is 1. The molecule has 3 amide bonds. The molecule has 6 rings (SSSR count). The van der Waals surface area contributed by atoms with Gasteiger partial charge in [0.1, 0.15) is 6.54 Å². The van der Waals surface area contributed by atoms with Gasteiger partial charge in [0.05, 0.1) is 11.8 Å². The van der Waals surface area contributed by atoms with Crippen LogP contribution in [0.3, 0.4) is 0 Å². The molecule has 0 spiro atoms. The number of rotatable bonds is 3. The number of allylic oxidation sites excluding steroid dienone is 2. The third-order valence-electron chi connectivity index (χ3n) is 6.60. The van der Waals surface area contributed by atoms with Crippen molar-refractivity contribution in [2.75, 3.05) is 11.9 Å². The van der Waals surface area contributed by atoms with Gasteiger partial charge in [0.15, 0.2) is 0 Å². The zero-order valence-electron chi connectivity index (χ0n) is 14.3. The van der Waals surface area contributed by atoms with Crippen molar-refractivity contribution in [1.29, 1.82) is 0 Å². The first-order valence-corrected chi connectivity index (χ1v) is 9.43. The van der Waals surface area contributed by atoms with Gasteiger partial charge in [-0.15, -0.1) is 0 Å². The third kappa shape index (κ3) is 2.13. The fourth-order valence-corrected chi connectivity index (χ4v) is 5.43. The molecule has 4 aliphatic carbocycles. The summed E-state index contributed by atoms with van der Waals surface area (Å²) in [6.45, 7) is 1.58. The van der Waals surface area contributed by atoms with Gasteiger partial charge in [0.2, 0.25) is 17.7 Å². The molecule has 1 saturated heterocycles. The van der Waals surface area contributed by atoms with E-state index in [1.165, 1.54) is 4.90 Å². The highest BCUT2D eigenvalue weighted by atomic mass is 35.5. The number of likely N-dealkylation sites (tertiary alicyclic amines) is 1. The lowest BCUT2D eigenvalue weighted by Gasteiger charge is -2.37. The van der Waals surface area contributed by atoms with Crippen LogP contribution in [0, 0.1) is 42.4 Å². The summed E-state index contributed by atoms with van der Waals surface area (Å²) in [5.41, 5.74) is 1.36. The Kier molecular flexibility index (Phi) is 3.35. The Hall–Kier alpha value is -2.14. The highest BCUT2D eigenvalue weighted by molar-refractivity contribution is 6.31. The van der Waals surface area contributed by atoms with Gasteiger partial charge in [-0.3, -0.25) is 19.3 Å². The second kappa shape index (κ2) is 5.43. The van der Waals surface area contributed by atoms with E-state index >= 15 is 0 Å². The fraction of sp³-hybridized carbons (Fsp3) is 0.450. The number of amides is 3. The number of hydrogen-bond acceptors (Lipinski definition) is 3. The monoisotopic (exact) mass is 370 g/mol. The van der Waals surface area contributed by atoms with Crippen LogP contribution in [0.1, 0.15) is 12.0 Å². The van der Waals surface area contributed by atoms with E-state index in [2.05, 4.69) is 17.5 Å². The van der Waals surface area contributed by atoms with E-state index in [1.54, 1.807) is 18.2 Å². The number of nitrogens with one attached hydrogen (secondary N) is 1. The van der Waals surface area contributed by atoms with Crippen molar-refractivity contribution in [3.8, 4) is 0 Å². The highest BCUT2D eigenvalue weighted by Gasteiger charge is 2.67. The van der Waals surface area contributed by atoms with Crippen molar-refractivity contribution < 1.29 is 14.4 Å². The average molecular weight is 371 g/mol. The molecule has 1 heterocycles. The molecule has 26 heavy (non-hydrogen) atoms. The average Bonchev–Trinajstić information content (AvgIpc) is 3.40. The van der Waals surface area contributed by atoms with Crippen LogP contribution < -0.4 is 5.32 Å². The zero-order valence-corrected chi connectivity index (χ0v) is 15.1. The molecule has 0 radical (unpaired) electrons. The molecule has 1 aromatic carbocycles. The Morgan fingerprint density at radius 3 is 2.38 bits per heavy atom. The number of nitrogens with zero attached hydrogens (tertiary/aromatic N) is 1. The number of halogens is 1. The summed E-state index contributed by atoms with van der Waals surface area (Å²) in [5.74, 6) is 0.219. The largest absolute Gasteiger partial charge is 0.324 e. The SMILES string of the molecule is Cc1c(Cl)cccc1NC(=O)CN1C(=O)[C@@H]2[C@H]3C=C[C@@H]([C@@H]4C[C@@H]34)[C@@H]2C1=O. The third-order valence-corrected chi connectivity index (χ3v) is 7.01. The van der Waals surface area contributed by atoms with E-state index in [0.717, 1.165) is 12.0 Å². The summed E-state index contributed by atoms with van der Waals surface area (Å²) >= 11 is 6.08. The van der Waals surface area contributed by atoms with Gasteiger partial charge in [-0.25, -0.2) is 0 Å². The van der Waals surface area contributed by atoms with Crippen LogP contribution in [0.15, 0.2) is 30.4 Å². The molecule has 6 atom stereocenters. The Bertz CT molecular complexity index is 844. The van der Waals surface area contributed by atoms with Crippen LogP contribution in [-0.2, 0) is 14.4 Å². The van der Waals surface area contributed by atoms with Gasteiger partial charge >= 0.3 is 0 Å². The van der Waals surface area contributed by atoms with Crippen molar-refractivity contribution in [2.45, 2.75) is 13.3 Å². The standard InChI is InChI=1S/C20H19ClN2O3/c1-9-14(21)3-2-4-15(9)22-16(24)8-23-19(25)17-10-5-6-11(13-7-12(10)13)18(17)20(23)26/h2-6,10-13,17-18H,7-8H2,1H3,(H,22,24)/t10-,11-,12-,13-,17-,18+/m0/s1. The Morgan fingerprint density at radius 1 is 1.15 bits per heavy atom. The molecule has 2 bridgehead atoms. The van der Waals surface area contributed by atoms with Gasteiger partial charge in [0, 0.05) is 10.7 Å². The molecule has 1 aliphatic heterocycles. The second-order valence-electron chi connectivity index (χ2n) is 7.88. The van der Waals surface area contributed by atoms with E-state index in [-0.39, 0.29) is 47.9 Å². The first-order valence-electron chi connectivity index (χ1n) is 9.06.